The fourth-order valence-electron chi connectivity index (χ4n) is 2.20. The number of ether oxygens (including phenoxy) is 1. The van der Waals surface area contributed by atoms with Gasteiger partial charge in [0.05, 0.1) is 6.61 Å². The monoisotopic (exact) mass is 287 g/mol. The molecule has 2 aromatic rings. The molecule has 0 bridgehead atoms. The third-order valence-electron chi connectivity index (χ3n) is 3.13. The zero-order chi connectivity index (χ0) is 15.2. The number of hydrogen-bond acceptors (Lipinski definition) is 4. The number of carbonyl (C=O) groups is 2. The minimum absolute atomic E-state index is 0.00104. The Hall–Kier alpha value is -2.43. The first-order valence-electron chi connectivity index (χ1n) is 6.89. The Kier molecular flexibility index (Phi) is 4.87. The van der Waals surface area contributed by atoms with Crippen molar-refractivity contribution in [3.63, 3.8) is 0 Å². The molecule has 0 spiro atoms. The van der Waals surface area contributed by atoms with Crippen LogP contribution in [0.15, 0.2) is 30.5 Å². The van der Waals surface area contributed by atoms with Crippen molar-refractivity contribution in [3.8, 4) is 5.75 Å². The molecule has 0 aliphatic heterocycles. The molecular formula is C16H17NO4. The quantitative estimate of drug-likeness (QED) is 0.792. The minimum atomic E-state index is -0.888. The first-order chi connectivity index (χ1) is 10.1. The molecule has 21 heavy (non-hydrogen) atoms. The molecule has 1 aromatic carbocycles. The van der Waals surface area contributed by atoms with E-state index in [1.54, 1.807) is 24.4 Å². The zero-order valence-corrected chi connectivity index (χ0v) is 11.8. The van der Waals surface area contributed by atoms with Gasteiger partial charge in [-0.3, -0.25) is 14.6 Å². The van der Waals surface area contributed by atoms with E-state index in [-0.39, 0.29) is 18.6 Å². The number of aromatic nitrogens is 1. The van der Waals surface area contributed by atoms with Crippen molar-refractivity contribution in [1.82, 2.24) is 4.98 Å². The molecule has 0 radical (unpaired) electrons. The van der Waals surface area contributed by atoms with Crippen molar-refractivity contribution in [2.45, 2.75) is 26.2 Å². The summed E-state index contributed by atoms with van der Waals surface area (Å²) in [6.07, 6.45) is 2.20. The van der Waals surface area contributed by atoms with Gasteiger partial charge in [0, 0.05) is 30.0 Å². The van der Waals surface area contributed by atoms with Crippen LogP contribution in [0.1, 0.15) is 36.5 Å². The highest BCUT2D eigenvalue weighted by Gasteiger charge is 2.14. The molecule has 5 heteroatoms. The minimum Gasteiger partial charge on any atom is -0.492 e. The number of carboxylic acid groups (broad SMARTS) is 1. The normalized spacial score (nSPS) is 10.5. The number of carbonyl (C=O) groups excluding carboxylic acids is 1. The van der Waals surface area contributed by atoms with Gasteiger partial charge in [0.25, 0.3) is 0 Å². The number of Topliss-reactive ketones (excluding diaryl/α,β-unsaturated/α-hetero) is 1. The lowest BCUT2D eigenvalue weighted by Gasteiger charge is -2.10. The standard InChI is InChI=1S/C16H17NO4/c1-2-21-14-9-8-11(12-5-4-10-17-16(12)14)13(18)6-3-7-15(19)20/h4-5,8-10H,2-3,6-7H2,1H3,(H,19,20). The third-order valence-corrected chi connectivity index (χ3v) is 3.13. The lowest BCUT2D eigenvalue weighted by atomic mass is 10.0. The van der Waals surface area contributed by atoms with E-state index < -0.39 is 5.97 Å². The smallest absolute Gasteiger partial charge is 0.303 e. The number of nitrogens with zero attached hydrogens (tertiary/aromatic N) is 1. The summed E-state index contributed by atoms with van der Waals surface area (Å²) in [7, 11) is 0. The number of fused-ring (bicyclic) bond motifs is 1. The zero-order valence-electron chi connectivity index (χ0n) is 11.8. The van der Waals surface area contributed by atoms with Gasteiger partial charge < -0.3 is 9.84 Å². The fourth-order valence-corrected chi connectivity index (χ4v) is 2.20. The van der Waals surface area contributed by atoms with E-state index in [1.165, 1.54) is 0 Å². The molecular weight excluding hydrogens is 270 g/mol. The van der Waals surface area contributed by atoms with E-state index >= 15 is 0 Å². The van der Waals surface area contributed by atoms with Crippen LogP contribution in [-0.4, -0.2) is 28.4 Å². The van der Waals surface area contributed by atoms with Crippen LogP contribution in [0, 0.1) is 0 Å². The summed E-state index contributed by atoms with van der Waals surface area (Å²) in [5.74, 6) is -0.312. The van der Waals surface area contributed by atoms with E-state index in [4.69, 9.17) is 9.84 Å². The van der Waals surface area contributed by atoms with Crippen LogP contribution in [0.4, 0.5) is 0 Å². The van der Waals surface area contributed by atoms with Gasteiger partial charge in [-0.25, -0.2) is 0 Å². The Morgan fingerprint density at radius 3 is 2.76 bits per heavy atom. The molecule has 5 nitrogen and oxygen atoms in total. The molecule has 1 N–H and O–H groups in total. The van der Waals surface area contributed by atoms with Gasteiger partial charge >= 0.3 is 5.97 Å². The second-order valence-electron chi connectivity index (χ2n) is 4.61. The van der Waals surface area contributed by atoms with E-state index in [2.05, 4.69) is 4.98 Å². The molecule has 0 saturated heterocycles. The van der Waals surface area contributed by atoms with Gasteiger partial charge in [0.15, 0.2) is 5.78 Å². The highest BCUT2D eigenvalue weighted by molar-refractivity contribution is 6.08. The van der Waals surface area contributed by atoms with E-state index in [0.717, 1.165) is 5.39 Å². The van der Waals surface area contributed by atoms with E-state index in [9.17, 15) is 9.59 Å². The van der Waals surface area contributed by atoms with Crippen molar-refractivity contribution >= 4 is 22.7 Å². The van der Waals surface area contributed by atoms with Crippen molar-refractivity contribution < 1.29 is 19.4 Å². The van der Waals surface area contributed by atoms with Crippen LogP contribution >= 0.6 is 0 Å². The number of ketones is 1. The summed E-state index contributed by atoms with van der Waals surface area (Å²) in [5, 5.41) is 9.37. The lowest BCUT2D eigenvalue weighted by molar-refractivity contribution is -0.137. The first-order valence-corrected chi connectivity index (χ1v) is 6.89. The van der Waals surface area contributed by atoms with Gasteiger partial charge in [0.1, 0.15) is 11.3 Å². The van der Waals surface area contributed by atoms with Crippen LogP contribution in [0.2, 0.25) is 0 Å². The predicted molar refractivity (Wildman–Crippen MR) is 78.7 cm³/mol. The molecule has 0 amide bonds. The molecule has 0 aliphatic rings. The Labute approximate surface area is 122 Å². The van der Waals surface area contributed by atoms with Crippen LogP contribution in [-0.2, 0) is 4.79 Å². The average Bonchev–Trinajstić information content (AvgIpc) is 2.47. The SMILES string of the molecule is CCOc1ccc(C(=O)CCCC(=O)O)c2cccnc12. The molecule has 0 aliphatic carbocycles. The topological polar surface area (TPSA) is 76.5 Å². The maximum atomic E-state index is 12.2. The summed E-state index contributed by atoms with van der Waals surface area (Å²) in [6.45, 7) is 2.41. The second-order valence-corrected chi connectivity index (χ2v) is 4.61. The number of rotatable bonds is 7. The molecule has 0 atom stereocenters. The number of carboxylic acids is 1. The number of pyridine rings is 1. The van der Waals surface area contributed by atoms with E-state index in [1.807, 2.05) is 13.0 Å². The molecule has 1 aromatic heterocycles. The van der Waals surface area contributed by atoms with Crippen molar-refractivity contribution in [2.75, 3.05) is 6.61 Å². The van der Waals surface area contributed by atoms with Gasteiger partial charge in [-0.15, -0.1) is 0 Å². The lowest BCUT2D eigenvalue weighted by Crippen LogP contribution is -2.04. The van der Waals surface area contributed by atoms with Crippen LogP contribution < -0.4 is 4.74 Å². The predicted octanol–water partition coefficient (Wildman–Crippen LogP) is 3.07. The van der Waals surface area contributed by atoms with Crippen LogP contribution in [0.3, 0.4) is 0 Å². The number of aliphatic carboxylic acids is 1. The van der Waals surface area contributed by atoms with Gasteiger partial charge in [-0.2, -0.15) is 0 Å². The van der Waals surface area contributed by atoms with E-state index in [0.29, 0.717) is 29.9 Å². The van der Waals surface area contributed by atoms with Gasteiger partial charge in [-0.05, 0) is 31.5 Å². The number of benzene rings is 1. The Morgan fingerprint density at radius 2 is 2.05 bits per heavy atom. The molecule has 110 valence electrons. The van der Waals surface area contributed by atoms with Gasteiger partial charge in [-0.1, -0.05) is 6.07 Å². The third kappa shape index (κ3) is 3.56. The maximum Gasteiger partial charge on any atom is 0.303 e. The molecule has 0 saturated carbocycles. The second kappa shape index (κ2) is 6.83. The summed E-state index contributed by atoms with van der Waals surface area (Å²) in [4.78, 5) is 27.0. The molecule has 2 rings (SSSR count). The first kappa shape index (κ1) is 15.0. The summed E-state index contributed by atoms with van der Waals surface area (Å²) < 4.78 is 5.51. The summed E-state index contributed by atoms with van der Waals surface area (Å²) in [6, 6.07) is 7.06. The Bertz CT molecular complexity index is 666. The largest absolute Gasteiger partial charge is 0.492 e. The Morgan fingerprint density at radius 1 is 1.24 bits per heavy atom. The van der Waals surface area contributed by atoms with Crippen molar-refractivity contribution in [1.29, 1.82) is 0 Å². The highest BCUT2D eigenvalue weighted by atomic mass is 16.5. The fraction of sp³-hybridized carbons (Fsp3) is 0.312. The van der Waals surface area contributed by atoms with Crippen molar-refractivity contribution in [2.24, 2.45) is 0 Å². The van der Waals surface area contributed by atoms with Crippen LogP contribution in [0.5, 0.6) is 5.75 Å². The summed E-state index contributed by atoms with van der Waals surface area (Å²) in [5.41, 5.74) is 1.22. The average molecular weight is 287 g/mol. The van der Waals surface area contributed by atoms with Crippen LogP contribution in [0.25, 0.3) is 10.9 Å². The molecule has 1 heterocycles. The van der Waals surface area contributed by atoms with Crippen molar-refractivity contribution in [3.05, 3.63) is 36.0 Å². The number of hydrogen-bond donors (Lipinski definition) is 1. The van der Waals surface area contributed by atoms with Gasteiger partial charge in [0.2, 0.25) is 0 Å². The summed E-state index contributed by atoms with van der Waals surface area (Å²) >= 11 is 0. The highest BCUT2D eigenvalue weighted by Crippen LogP contribution is 2.27. The molecule has 0 unspecified atom stereocenters. The Balaban J connectivity index is 2.30. The maximum absolute atomic E-state index is 12.2. The molecule has 0 fully saturated rings.